The van der Waals surface area contributed by atoms with Crippen LogP contribution >= 0.6 is 11.6 Å². The van der Waals surface area contributed by atoms with Crippen LogP contribution in [0, 0.1) is 5.41 Å². The van der Waals surface area contributed by atoms with Crippen molar-refractivity contribution in [1.82, 2.24) is 5.32 Å². The van der Waals surface area contributed by atoms with E-state index in [0.717, 1.165) is 5.39 Å². The molecule has 1 fully saturated rings. The van der Waals surface area contributed by atoms with Gasteiger partial charge >= 0.3 is 0 Å². The molecule has 0 spiro atoms. The third kappa shape index (κ3) is 3.18. The van der Waals surface area contributed by atoms with Crippen LogP contribution in [0.4, 0.5) is 0 Å². The highest BCUT2D eigenvalue weighted by Gasteiger charge is 2.38. The van der Waals surface area contributed by atoms with Crippen molar-refractivity contribution in [1.29, 1.82) is 0 Å². The number of rotatable bonds is 4. The minimum Gasteiger partial charge on any atom is -0.451 e. The van der Waals surface area contributed by atoms with Gasteiger partial charge in [0.25, 0.3) is 5.91 Å². The number of furan rings is 1. The normalized spacial score (nSPS) is 17.1. The lowest BCUT2D eigenvalue weighted by Gasteiger charge is -2.34. The van der Waals surface area contributed by atoms with E-state index in [1.165, 1.54) is 0 Å². The first-order valence-corrected chi connectivity index (χ1v) is 7.73. The average Bonchev–Trinajstić information content (AvgIpc) is 2.96. The van der Waals surface area contributed by atoms with Gasteiger partial charge < -0.3 is 20.2 Å². The molecule has 1 saturated heterocycles. The van der Waals surface area contributed by atoms with Gasteiger partial charge in [-0.05, 0) is 37.1 Å². The summed E-state index contributed by atoms with van der Waals surface area (Å²) >= 11 is 5.92. The molecular weight excluding hydrogens is 320 g/mol. The molecule has 6 nitrogen and oxygen atoms in total. The van der Waals surface area contributed by atoms with Crippen LogP contribution < -0.4 is 11.1 Å². The van der Waals surface area contributed by atoms with Crippen molar-refractivity contribution in [2.24, 2.45) is 11.1 Å². The van der Waals surface area contributed by atoms with Gasteiger partial charge in [-0.25, -0.2) is 0 Å². The number of nitrogens with one attached hydrogen (secondary N) is 1. The van der Waals surface area contributed by atoms with Gasteiger partial charge in [-0.15, -0.1) is 0 Å². The fourth-order valence-electron chi connectivity index (χ4n) is 2.74. The molecule has 3 N–H and O–H groups in total. The Labute approximate surface area is 137 Å². The van der Waals surface area contributed by atoms with Crippen molar-refractivity contribution in [3.8, 4) is 0 Å². The smallest absolute Gasteiger partial charge is 0.287 e. The molecule has 23 heavy (non-hydrogen) atoms. The number of halogens is 1. The zero-order valence-corrected chi connectivity index (χ0v) is 13.2. The maximum absolute atomic E-state index is 12.3. The first kappa shape index (κ1) is 15.8. The van der Waals surface area contributed by atoms with Crippen LogP contribution in [-0.4, -0.2) is 31.6 Å². The Morgan fingerprint density at radius 3 is 2.70 bits per heavy atom. The molecule has 1 aliphatic rings. The third-order valence-corrected chi connectivity index (χ3v) is 4.50. The molecule has 2 amide bonds. The van der Waals surface area contributed by atoms with Gasteiger partial charge in [0.2, 0.25) is 5.91 Å². The first-order valence-electron chi connectivity index (χ1n) is 7.35. The monoisotopic (exact) mass is 336 g/mol. The SMILES string of the molecule is NC(=O)C1(CNC(=O)c2cc3cc(Cl)ccc3o2)CCOCC1. The Morgan fingerprint density at radius 2 is 2.00 bits per heavy atom. The predicted octanol–water partition coefficient (Wildman–Crippen LogP) is 2.10. The fraction of sp³-hybridized carbons (Fsp3) is 0.375. The molecule has 1 aromatic carbocycles. The second kappa shape index (κ2) is 6.22. The summed E-state index contributed by atoms with van der Waals surface area (Å²) in [5, 5.41) is 4.06. The lowest BCUT2D eigenvalue weighted by atomic mass is 9.79. The van der Waals surface area contributed by atoms with Crippen molar-refractivity contribution in [3.63, 3.8) is 0 Å². The Balaban J connectivity index is 1.73. The molecular formula is C16H17ClN2O4. The number of primary amides is 1. The summed E-state index contributed by atoms with van der Waals surface area (Å²) in [6.45, 7) is 1.09. The Kier molecular flexibility index (Phi) is 4.28. The maximum Gasteiger partial charge on any atom is 0.287 e. The molecule has 2 aromatic rings. The summed E-state index contributed by atoms with van der Waals surface area (Å²) < 4.78 is 10.8. The van der Waals surface area contributed by atoms with E-state index in [1.807, 2.05) is 0 Å². The lowest BCUT2D eigenvalue weighted by Crippen LogP contribution is -2.49. The maximum atomic E-state index is 12.3. The first-order chi connectivity index (χ1) is 11.0. The van der Waals surface area contributed by atoms with Crippen LogP contribution in [-0.2, 0) is 9.53 Å². The zero-order valence-electron chi connectivity index (χ0n) is 12.4. The molecule has 122 valence electrons. The highest BCUT2D eigenvalue weighted by Crippen LogP contribution is 2.29. The summed E-state index contributed by atoms with van der Waals surface area (Å²) in [5.74, 6) is -0.629. The molecule has 1 aliphatic heterocycles. The molecule has 0 unspecified atom stereocenters. The van der Waals surface area contributed by atoms with E-state index < -0.39 is 11.3 Å². The summed E-state index contributed by atoms with van der Waals surface area (Å²) in [5.41, 5.74) is 5.34. The van der Waals surface area contributed by atoms with Gasteiger partial charge in [-0.3, -0.25) is 9.59 Å². The molecule has 1 aromatic heterocycles. The Morgan fingerprint density at radius 1 is 1.26 bits per heavy atom. The lowest BCUT2D eigenvalue weighted by molar-refractivity contribution is -0.132. The quantitative estimate of drug-likeness (QED) is 0.893. The molecule has 0 saturated carbocycles. The summed E-state index contributed by atoms with van der Waals surface area (Å²) in [7, 11) is 0. The number of carbonyl (C=O) groups is 2. The van der Waals surface area contributed by atoms with Gasteiger partial charge in [0.05, 0.1) is 5.41 Å². The van der Waals surface area contributed by atoms with Crippen LogP contribution in [0.3, 0.4) is 0 Å². The van der Waals surface area contributed by atoms with Crippen molar-refractivity contribution in [2.75, 3.05) is 19.8 Å². The Bertz CT molecular complexity index is 750. The van der Waals surface area contributed by atoms with Crippen molar-refractivity contribution in [3.05, 3.63) is 35.0 Å². The molecule has 0 aliphatic carbocycles. The second-order valence-electron chi connectivity index (χ2n) is 5.73. The van der Waals surface area contributed by atoms with Crippen molar-refractivity contribution in [2.45, 2.75) is 12.8 Å². The minimum atomic E-state index is -0.761. The van der Waals surface area contributed by atoms with E-state index in [9.17, 15) is 9.59 Å². The number of carbonyl (C=O) groups excluding carboxylic acids is 2. The molecule has 2 heterocycles. The fourth-order valence-corrected chi connectivity index (χ4v) is 2.92. The van der Waals surface area contributed by atoms with E-state index in [0.29, 0.717) is 36.7 Å². The highest BCUT2D eigenvalue weighted by atomic mass is 35.5. The average molecular weight is 337 g/mol. The standard InChI is InChI=1S/C16H17ClN2O4/c17-11-1-2-12-10(7-11)8-13(23-12)14(20)19-9-16(15(18)21)3-5-22-6-4-16/h1-2,7-8H,3-6,9H2,(H2,18,21)(H,19,20). The second-order valence-corrected chi connectivity index (χ2v) is 6.17. The van der Waals surface area contributed by atoms with E-state index in [2.05, 4.69) is 5.32 Å². The number of hydrogen-bond donors (Lipinski definition) is 2. The summed E-state index contributed by atoms with van der Waals surface area (Å²) in [6, 6.07) is 6.75. The van der Waals surface area contributed by atoms with Crippen LogP contribution in [0.2, 0.25) is 5.02 Å². The van der Waals surface area contributed by atoms with E-state index in [4.69, 9.17) is 26.5 Å². The molecule has 0 radical (unpaired) electrons. The Hall–Kier alpha value is -2.05. The van der Waals surface area contributed by atoms with Crippen LogP contribution in [0.15, 0.2) is 28.7 Å². The predicted molar refractivity (Wildman–Crippen MR) is 85.2 cm³/mol. The zero-order chi connectivity index (χ0) is 16.4. The molecule has 0 atom stereocenters. The largest absolute Gasteiger partial charge is 0.451 e. The number of fused-ring (bicyclic) bond motifs is 1. The third-order valence-electron chi connectivity index (χ3n) is 4.26. The van der Waals surface area contributed by atoms with Crippen molar-refractivity contribution < 1.29 is 18.7 Å². The number of hydrogen-bond acceptors (Lipinski definition) is 4. The van der Waals surface area contributed by atoms with E-state index >= 15 is 0 Å². The summed E-state index contributed by atoms with van der Waals surface area (Å²) in [6.07, 6.45) is 0.997. The molecule has 0 bridgehead atoms. The van der Waals surface area contributed by atoms with Gasteiger partial charge in [0, 0.05) is 30.2 Å². The van der Waals surface area contributed by atoms with Gasteiger partial charge in [-0.2, -0.15) is 0 Å². The molecule has 3 rings (SSSR count). The van der Waals surface area contributed by atoms with E-state index in [1.54, 1.807) is 24.3 Å². The van der Waals surface area contributed by atoms with Gasteiger partial charge in [-0.1, -0.05) is 11.6 Å². The van der Waals surface area contributed by atoms with Crippen molar-refractivity contribution >= 4 is 34.4 Å². The number of amides is 2. The number of ether oxygens (including phenoxy) is 1. The molecule has 7 heteroatoms. The minimum absolute atomic E-state index is 0.169. The van der Waals surface area contributed by atoms with Gasteiger partial charge in [0.15, 0.2) is 5.76 Å². The van der Waals surface area contributed by atoms with Crippen LogP contribution in [0.5, 0.6) is 0 Å². The topological polar surface area (TPSA) is 94.6 Å². The highest BCUT2D eigenvalue weighted by molar-refractivity contribution is 6.31. The van der Waals surface area contributed by atoms with E-state index in [-0.39, 0.29) is 18.2 Å². The number of nitrogens with two attached hydrogens (primary N) is 1. The summed E-state index contributed by atoms with van der Waals surface area (Å²) in [4.78, 5) is 24.1. The number of benzene rings is 1. The van der Waals surface area contributed by atoms with Crippen LogP contribution in [0.1, 0.15) is 23.4 Å². The van der Waals surface area contributed by atoms with Crippen LogP contribution in [0.25, 0.3) is 11.0 Å². The van der Waals surface area contributed by atoms with Gasteiger partial charge in [0.1, 0.15) is 5.58 Å².